The number of carbonyl (C=O) groups excluding carboxylic acids is 1. The van der Waals surface area contributed by atoms with Crippen LogP contribution < -0.4 is 10.1 Å². The molecule has 136 valence electrons. The summed E-state index contributed by atoms with van der Waals surface area (Å²) in [5.41, 5.74) is 1.63. The van der Waals surface area contributed by atoms with Crippen molar-refractivity contribution in [1.29, 1.82) is 0 Å². The van der Waals surface area contributed by atoms with E-state index in [1.54, 1.807) is 16.8 Å². The van der Waals surface area contributed by atoms with Crippen LogP contribution >= 0.6 is 11.8 Å². The van der Waals surface area contributed by atoms with E-state index >= 15 is 0 Å². The zero-order chi connectivity index (χ0) is 18.4. The van der Waals surface area contributed by atoms with Gasteiger partial charge < -0.3 is 14.5 Å². The van der Waals surface area contributed by atoms with E-state index in [1.807, 2.05) is 38.2 Å². The van der Waals surface area contributed by atoms with Crippen molar-refractivity contribution < 1.29 is 13.9 Å². The molecule has 3 aromatic rings. The largest absolute Gasteiger partial charge is 0.494 e. The van der Waals surface area contributed by atoms with Crippen molar-refractivity contribution >= 4 is 23.4 Å². The van der Waals surface area contributed by atoms with Crippen molar-refractivity contribution in [3.8, 4) is 5.75 Å². The van der Waals surface area contributed by atoms with Crippen molar-refractivity contribution in [2.45, 2.75) is 25.6 Å². The molecular formula is C17H19N5O3S. The number of rotatable bonds is 8. The number of anilines is 1. The highest BCUT2D eigenvalue weighted by molar-refractivity contribution is 7.99. The van der Waals surface area contributed by atoms with Gasteiger partial charge in [0.1, 0.15) is 12.3 Å². The Labute approximate surface area is 154 Å². The van der Waals surface area contributed by atoms with Crippen LogP contribution in [0.5, 0.6) is 5.75 Å². The number of aromatic nitrogens is 4. The Morgan fingerprint density at radius 2 is 2.08 bits per heavy atom. The summed E-state index contributed by atoms with van der Waals surface area (Å²) in [5, 5.41) is 15.3. The van der Waals surface area contributed by atoms with E-state index in [4.69, 9.17) is 9.15 Å². The summed E-state index contributed by atoms with van der Waals surface area (Å²) in [6.45, 7) is 4.84. The van der Waals surface area contributed by atoms with Gasteiger partial charge in [-0.1, -0.05) is 11.8 Å². The molecular weight excluding hydrogens is 354 g/mol. The zero-order valence-corrected chi connectivity index (χ0v) is 15.3. The number of hydrogen-bond donors (Lipinski definition) is 1. The highest BCUT2D eigenvalue weighted by Gasteiger charge is 2.11. The lowest BCUT2D eigenvalue weighted by atomic mass is 10.3. The molecule has 9 heteroatoms. The van der Waals surface area contributed by atoms with Gasteiger partial charge in [-0.2, -0.15) is 5.10 Å². The number of nitrogens with one attached hydrogen (secondary N) is 1. The molecule has 0 atom stereocenters. The van der Waals surface area contributed by atoms with Gasteiger partial charge in [0.25, 0.3) is 5.22 Å². The molecule has 1 aromatic carbocycles. The molecule has 1 N–H and O–H groups in total. The van der Waals surface area contributed by atoms with Crippen LogP contribution in [0.2, 0.25) is 0 Å². The third kappa shape index (κ3) is 5.09. The summed E-state index contributed by atoms with van der Waals surface area (Å²) in [7, 11) is 0. The van der Waals surface area contributed by atoms with Crippen LogP contribution in [0.3, 0.4) is 0 Å². The highest BCUT2D eigenvalue weighted by atomic mass is 32.2. The fourth-order valence-electron chi connectivity index (χ4n) is 2.18. The van der Waals surface area contributed by atoms with Crippen LogP contribution in [0, 0.1) is 6.92 Å². The number of nitrogens with zero attached hydrogens (tertiary/aromatic N) is 4. The number of hydrogen-bond acceptors (Lipinski definition) is 7. The predicted molar refractivity (Wildman–Crippen MR) is 97.3 cm³/mol. The molecule has 0 aliphatic rings. The Morgan fingerprint density at radius 1 is 1.27 bits per heavy atom. The molecule has 0 spiro atoms. The maximum atomic E-state index is 12.0. The lowest BCUT2D eigenvalue weighted by molar-refractivity contribution is -0.113. The van der Waals surface area contributed by atoms with Crippen molar-refractivity contribution in [2.75, 3.05) is 17.7 Å². The zero-order valence-electron chi connectivity index (χ0n) is 14.5. The fourth-order valence-corrected chi connectivity index (χ4v) is 2.76. The second-order valence-corrected chi connectivity index (χ2v) is 6.34. The smallest absolute Gasteiger partial charge is 0.277 e. The van der Waals surface area contributed by atoms with E-state index < -0.39 is 0 Å². The second-order valence-electron chi connectivity index (χ2n) is 5.41. The number of thioether (sulfide) groups is 1. The number of carbonyl (C=O) groups is 1. The van der Waals surface area contributed by atoms with Crippen molar-refractivity contribution in [3.05, 3.63) is 48.1 Å². The Kier molecular flexibility index (Phi) is 5.90. The first-order chi connectivity index (χ1) is 12.6. The second kappa shape index (κ2) is 8.52. The van der Waals surface area contributed by atoms with E-state index in [-0.39, 0.29) is 11.7 Å². The maximum absolute atomic E-state index is 12.0. The summed E-state index contributed by atoms with van der Waals surface area (Å²) < 4.78 is 12.6. The lowest BCUT2D eigenvalue weighted by Crippen LogP contribution is -2.13. The molecule has 0 unspecified atom stereocenters. The molecule has 0 aliphatic heterocycles. The summed E-state index contributed by atoms with van der Waals surface area (Å²) >= 11 is 1.19. The minimum Gasteiger partial charge on any atom is -0.494 e. The average molecular weight is 373 g/mol. The molecule has 0 radical (unpaired) electrons. The Balaban J connectivity index is 1.47. The Bertz CT molecular complexity index is 859. The first kappa shape index (κ1) is 18.0. The van der Waals surface area contributed by atoms with Crippen LogP contribution in [0.1, 0.15) is 18.5 Å². The van der Waals surface area contributed by atoms with E-state index in [0.717, 1.165) is 11.4 Å². The standard InChI is InChI=1S/C17H19N5O3S/c1-3-24-14-6-4-13(5-7-14)18-15(23)11-26-17-20-19-16(25-17)10-22-9-8-12(2)21-22/h4-9H,3,10-11H2,1-2H3,(H,18,23). The topological polar surface area (TPSA) is 95.1 Å². The number of amides is 1. The third-order valence-corrected chi connectivity index (χ3v) is 4.11. The molecule has 2 aromatic heterocycles. The molecule has 3 rings (SSSR count). The van der Waals surface area contributed by atoms with E-state index in [2.05, 4.69) is 20.6 Å². The summed E-state index contributed by atoms with van der Waals surface area (Å²) in [6, 6.07) is 9.12. The normalized spacial score (nSPS) is 10.7. The highest BCUT2D eigenvalue weighted by Crippen LogP contribution is 2.19. The Hall–Kier alpha value is -2.81. The number of aryl methyl sites for hydroxylation is 1. The maximum Gasteiger partial charge on any atom is 0.277 e. The minimum absolute atomic E-state index is 0.151. The Morgan fingerprint density at radius 3 is 2.77 bits per heavy atom. The van der Waals surface area contributed by atoms with Gasteiger partial charge in [0, 0.05) is 11.9 Å². The molecule has 26 heavy (non-hydrogen) atoms. The molecule has 0 bridgehead atoms. The quantitative estimate of drug-likeness (QED) is 0.607. The first-order valence-corrected chi connectivity index (χ1v) is 9.09. The van der Waals surface area contributed by atoms with Crippen LogP contribution in [0.25, 0.3) is 0 Å². The predicted octanol–water partition coefficient (Wildman–Crippen LogP) is 2.75. The summed E-state index contributed by atoms with van der Waals surface area (Å²) in [5.74, 6) is 1.24. The van der Waals surface area contributed by atoms with Gasteiger partial charge in [0.05, 0.1) is 18.1 Å². The van der Waals surface area contributed by atoms with Gasteiger partial charge in [-0.25, -0.2) is 0 Å². The van der Waals surface area contributed by atoms with Crippen LogP contribution in [-0.4, -0.2) is 38.2 Å². The van der Waals surface area contributed by atoms with Gasteiger partial charge in [0.15, 0.2) is 0 Å². The molecule has 8 nitrogen and oxygen atoms in total. The fraction of sp³-hybridized carbons (Fsp3) is 0.294. The van der Waals surface area contributed by atoms with Crippen molar-refractivity contribution in [3.63, 3.8) is 0 Å². The van der Waals surface area contributed by atoms with E-state index in [0.29, 0.717) is 30.0 Å². The SMILES string of the molecule is CCOc1ccc(NC(=O)CSc2nnc(Cn3ccc(C)n3)o2)cc1. The van der Waals surface area contributed by atoms with Crippen LogP contribution in [-0.2, 0) is 11.3 Å². The molecule has 2 heterocycles. The number of benzene rings is 1. The lowest BCUT2D eigenvalue weighted by Gasteiger charge is -2.06. The van der Waals surface area contributed by atoms with Crippen molar-refractivity contribution in [2.24, 2.45) is 0 Å². The molecule has 0 saturated heterocycles. The first-order valence-electron chi connectivity index (χ1n) is 8.10. The van der Waals surface area contributed by atoms with E-state index in [1.165, 1.54) is 11.8 Å². The third-order valence-electron chi connectivity index (χ3n) is 3.30. The molecule has 0 aliphatic carbocycles. The van der Waals surface area contributed by atoms with Crippen LogP contribution in [0.4, 0.5) is 5.69 Å². The number of ether oxygens (including phenoxy) is 1. The molecule has 0 saturated carbocycles. The van der Waals surface area contributed by atoms with Gasteiger partial charge >= 0.3 is 0 Å². The summed E-state index contributed by atoms with van der Waals surface area (Å²) in [6.07, 6.45) is 1.84. The van der Waals surface area contributed by atoms with Gasteiger partial charge in [-0.05, 0) is 44.2 Å². The van der Waals surface area contributed by atoms with Crippen LogP contribution in [0.15, 0.2) is 46.2 Å². The minimum atomic E-state index is -0.151. The molecule has 1 amide bonds. The average Bonchev–Trinajstić information content (AvgIpc) is 3.24. The van der Waals surface area contributed by atoms with Gasteiger partial charge in [-0.15, -0.1) is 10.2 Å². The van der Waals surface area contributed by atoms with Crippen molar-refractivity contribution in [1.82, 2.24) is 20.0 Å². The monoisotopic (exact) mass is 373 g/mol. The van der Waals surface area contributed by atoms with Gasteiger partial charge in [0.2, 0.25) is 11.8 Å². The summed E-state index contributed by atoms with van der Waals surface area (Å²) in [4.78, 5) is 12.0. The molecule has 0 fully saturated rings. The van der Waals surface area contributed by atoms with Gasteiger partial charge in [-0.3, -0.25) is 9.48 Å². The van der Waals surface area contributed by atoms with E-state index in [9.17, 15) is 4.79 Å².